The molecule has 0 aliphatic carbocycles. The van der Waals surface area contributed by atoms with Crippen LogP contribution >= 0.6 is 27.5 Å². The van der Waals surface area contributed by atoms with E-state index in [0.29, 0.717) is 18.2 Å². The summed E-state index contributed by atoms with van der Waals surface area (Å²) >= 11 is 9.82. The second-order valence-corrected chi connectivity index (χ2v) is 8.57. The molecule has 1 N–H and O–H groups in total. The van der Waals surface area contributed by atoms with Gasteiger partial charge in [0.25, 0.3) is 0 Å². The maximum Gasteiger partial charge on any atom is 0.216 e. The van der Waals surface area contributed by atoms with E-state index in [-0.39, 0.29) is 11.6 Å². The summed E-state index contributed by atoms with van der Waals surface area (Å²) in [6.45, 7) is 9.48. The lowest BCUT2D eigenvalue weighted by Crippen LogP contribution is -2.58. The molecule has 1 unspecified atom stereocenters. The predicted molar refractivity (Wildman–Crippen MR) is 97.3 cm³/mol. The summed E-state index contributed by atoms with van der Waals surface area (Å²) in [6.07, 6.45) is -0.893. The van der Waals surface area contributed by atoms with Crippen molar-refractivity contribution in [2.45, 2.75) is 45.4 Å². The van der Waals surface area contributed by atoms with Gasteiger partial charge in [-0.1, -0.05) is 17.7 Å². The summed E-state index contributed by atoms with van der Waals surface area (Å²) in [4.78, 5) is 4.35. The third-order valence-corrected chi connectivity index (χ3v) is 5.60. The maximum atomic E-state index is 10.3. The lowest BCUT2D eigenvalue weighted by Gasteiger charge is -2.42. The molecule has 1 aromatic carbocycles. The fourth-order valence-corrected chi connectivity index (χ4v) is 3.68. The number of rotatable bonds is 2. The van der Waals surface area contributed by atoms with Crippen LogP contribution in [-0.2, 0) is 11.3 Å². The number of halogens is 2. The van der Waals surface area contributed by atoms with Crippen LogP contribution in [0.2, 0.25) is 5.02 Å². The van der Waals surface area contributed by atoms with Crippen LogP contribution < -0.4 is 4.74 Å². The van der Waals surface area contributed by atoms with Crippen molar-refractivity contribution in [2.24, 2.45) is 0 Å². The van der Waals surface area contributed by atoms with Crippen LogP contribution in [0.1, 0.15) is 26.3 Å². The summed E-state index contributed by atoms with van der Waals surface area (Å²) in [7, 11) is 0. The van der Waals surface area contributed by atoms with Crippen molar-refractivity contribution in [2.75, 3.05) is 26.2 Å². The number of hydrogen-bond donors (Lipinski definition) is 1. The van der Waals surface area contributed by atoms with Gasteiger partial charge < -0.3 is 14.6 Å². The predicted octanol–water partition coefficient (Wildman–Crippen LogP) is 3.07. The number of ether oxygens (including phenoxy) is 2. The van der Waals surface area contributed by atoms with Crippen molar-refractivity contribution >= 4 is 27.5 Å². The molecule has 2 aliphatic rings. The first-order valence-corrected chi connectivity index (χ1v) is 9.35. The highest BCUT2D eigenvalue weighted by atomic mass is 79.9. The second kappa shape index (κ2) is 7.09. The van der Waals surface area contributed by atoms with Crippen LogP contribution in [0.25, 0.3) is 0 Å². The van der Waals surface area contributed by atoms with Gasteiger partial charge in [-0.05, 0) is 42.8 Å². The van der Waals surface area contributed by atoms with Crippen LogP contribution in [0.3, 0.4) is 0 Å². The second-order valence-electron chi connectivity index (χ2n) is 7.34. The molecule has 2 aliphatic heterocycles. The van der Waals surface area contributed by atoms with Crippen molar-refractivity contribution in [1.29, 1.82) is 0 Å². The van der Waals surface area contributed by atoms with Crippen LogP contribution in [0.4, 0.5) is 0 Å². The molecular weight excluding hydrogens is 396 g/mol. The highest BCUT2D eigenvalue weighted by Gasteiger charge is 2.35. The molecule has 24 heavy (non-hydrogen) atoms. The number of aliphatic hydroxyl groups is 1. The average molecular weight is 420 g/mol. The van der Waals surface area contributed by atoms with Gasteiger partial charge in [-0.25, -0.2) is 0 Å². The van der Waals surface area contributed by atoms with E-state index in [0.717, 1.165) is 35.4 Å². The highest BCUT2D eigenvalue weighted by Crippen LogP contribution is 2.38. The zero-order chi connectivity index (χ0) is 17.5. The van der Waals surface area contributed by atoms with Crippen molar-refractivity contribution < 1.29 is 14.6 Å². The fourth-order valence-electron chi connectivity index (χ4n) is 3.13. The third kappa shape index (κ3) is 4.06. The van der Waals surface area contributed by atoms with Crippen molar-refractivity contribution in [3.8, 4) is 5.75 Å². The zero-order valence-corrected chi connectivity index (χ0v) is 16.6. The quantitative estimate of drug-likeness (QED) is 0.747. The lowest BCUT2D eigenvalue weighted by molar-refractivity contribution is -0.248. The van der Waals surface area contributed by atoms with Gasteiger partial charge in [0.2, 0.25) is 6.41 Å². The van der Waals surface area contributed by atoms with E-state index in [2.05, 4.69) is 26.9 Å². The van der Waals surface area contributed by atoms with Gasteiger partial charge in [-0.2, -0.15) is 0 Å². The van der Waals surface area contributed by atoms with Crippen molar-refractivity contribution in [3.05, 3.63) is 27.2 Å². The first-order valence-electron chi connectivity index (χ1n) is 8.18. The number of nitrogens with zero attached hydrogens (tertiary/aromatic N) is 2. The SMILES string of the molecule is CC(C)(C)OC(O)N1CCN2Cc3ccc(Br)c(Cl)c3OC[C@H]2C1. The first kappa shape index (κ1) is 18.4. The Bertz CT molecular complexity index is 608. The fraction of sp³-hybridized carbons (Fsp3) is 0.647. The lowest BCUT2D eigenvalue weighted by atomic mass is 10.1. The van der Waals surface area contributed by atoms with Gasteiger partial charge in [-0.15, -0.1) is 0 Å². The number of fused-ring (bicyclic) bond motifs is 2. The topological polar surface area (TPSA) is 45.2 Å². The van der Waals surface area contributed by atoms with E-state index < -0.39 is 6.41 Å². The molecule has 134 valence electrons. The minimum absolute atomic E-state index is 0.194. The van der Waals surface area contributed by atoms with Crippen LogP contribution in [-0.4, -0.2) is 59.2 Å². The largest absolute Gasteiger partial charge is 0.490 e. The van der Waals surface area contributed by atoms with Gasteiger partial charge in [0.15, 0.2) is 0 Å². The Morgan fingerprint density at radius 3 is 2.83 bits per heavy atom. The van der Waals surface area contributed by atoms with E-state index in [1.165, 1.54) is 0 Å². The minimum Gasteiger partial charge on any atom is -0.490 e. The van der Waals surface area contributed by atoms with Gasteiger partial charge in [-0.3, -0.25) is 9.80 Å². The molecule has 7 heteroatoms. The van der Waals surface area contributed by atoms with E-state index >= 15 is 0 Å². The molecule has 0 spiro atoms. The van der Waals surface area contributed by atoms with Gasteiger partial charge in [0, 0.05) is 36.2 Å². The molecule has 0 bridgehead atoms. The number of benzene rings is 1. The van der Waals surface area contributed by atoms with E-state index in [1.54, 1.807) is 0 Å². The molecule has 2 atom stereocenters. The molecule has 0 aromatic heterocycles. The molecular formula is C17H24BrClN2O3. The summed E-state index contributed by atoms with van der Waals surface area (Å²) in [5, 5.41) is 11.0. The monoisotopic (exact) mass is 418 g/mol. The summed E-state index contributed by atoms with van der Waals surface area (Å²) in [5.74, 6) is 0.762. The average Bonchev–Trinajstić information content (AvgIpc) is 2.68. The summed E-state index contributed by atoms with van der Waals surface area (Å²) < 4.78 is 12.5. The third-order valence-electron chi connectivity index (χ3n) is 4.33. The minimum atomic E-state index is -0.893. The Kier molecular flexibility index (Phi) is 5.45. The molecule has 0 saturated carbocycles. The molecule has 1 fully saturated rings. The van der Waals surface area contributed by atoms with E-state index in [9.17, 15) is 5.11 Å². The molecule has 5 nitrogen and oxygen atoms in total. The van der Waals surface area contributed by atoms with Crippen LogP contribution in [0.5, 0.6) is 5.75 Å². The standard InChI is InChI=1S/C17H24BrClN2O3/c1-17(2,3)24-16(22)21-7-6-20-8-11-4-5-13(18)14(19)15(11)23-10-12(20)9-21/h4-5,12,16,22H,6-10H2,1-3H3/t12-,16?/m1/s1. The highest BCUT2D eigenvalue weighted by molar-refractivity contribution is 9.10. The normalized spacial score (nSPS) is 23.8. The Morgan fingerprint density at radius 1 is 1.38 bits per heavy atom. The Balaban J connectivity index is 1.71. The van der Waals surface area contributed by atoms with Gasteiger partial charge in [0.1, 0.15) is 12.4 Å². The molecule has 0 amide bonds. The molecule has 0 radical (unpaired) electrons. The summed E-state index contributed by atoms with van der Waals surface area (Å²) in [5.41, 5.74) is 0.720. The zero-order valence-electron chi connectivity index (χ0n) is 14.3. The van der Waals surface area contributed by atoms with E-state index in [4.69, 9.17) is 21.1 Å². The summed E-state index contributed by atoms with van der Waals surface area (Å²) in [6, 6.07) is 4.21. The molecule has 1 saturated heterocycles. The van der Waals surface area contributed by atoms with Crippen molar-refractivity contribution in [3.63, 3.8) is 0 Å². The number of hydrogen-bond acceptors (Lipinski definition) is 5. The Morgan fingerprint density at radius 2 is 2.12 bits per heavy atom. The smallest absolute Gasteiger partial charge is 0.216 e. The number of piperazine rings is 1. The van der Waals surface area contributed by atoms with Crippen molar-refractivity contribution in [1.82, 2.24) is 9.80 Å². The first-order chi connectivity index (χ1) is 11.2. The van der Waals surface area contributed by atoms with Crippen LogP contribution in [0, 0.1) is 0 Å². The molecule has 1 aromatic rings. The Labute approximate surface area is 156 Å². The number of aliphatic hydroxyl groups excluding tert-OH is 1. The van der Waals surface area contributed by atoms with E-state index in [1.807, 2.05) is 31.7 Å². The van der Waals surface area contributed by atoms with Crippen LogP contribution in [0.15, 0.2) is 16.6 Å². The maximum absolute atomic E-state index is 10.3. The van der Waals surface area contributed by atoms with Gasteiger partial charge >= 0.3 is 0 Å². The molecule has 3 rings (SSSR count). The molecule has 2 heterocycles. The van der Waals surface area contributed by atoms with Gasteiger partial charge in [0.05, 0.1) is 16.7 Å². The Hall–Kier alpha value is -0.370.